The predicted octanol–water partition coefficient (Wildman–Crippen LogP) is 4.29. The van der Waals surface area contributed by atoms with Crippen molar-refractivity contribution in [2.24, 2.45) is 0 Å². The topological polar surface area (TPSA) is 52.0 Å². The lowest BCUT2D eigenvalue weighted by atomic mass is 10.1. The van der Waals surface area contributed by atoms with Gasteiger partial charge in [0.05, 0.1) is 0 Å². The van der Waals surface area contributed by atoms with Gasteiger partial charge in [-0.25, -0.2) is 0 Å². The summed E-state index contributed by atoms with van der Waals surface area (Å²) in [5.41, 5.74) is 7.67. The second-order valence-corrected chi connectivity index (χ2v) is 5.04. The van der Waals surface area contributed by atoms with Crippen molar-refractivity contribution in [3.63, 3.8) is 0 Å². The van der Waals surface area contributed by atoms with Crippen LogP contribution in [0.3, 0.4) is 0 Å². The zero-order valence-electron chi connectivity index (χ0n) is 9.34. The van der Waals surface area contributed by atoms with Crippen molar-refractivity contribution in [2.45, 2.75) is 19.8 Å². The van der Waals surface area contributed by atoms with Gasteiger partial charge in [0.15, 0.2) is 11.6 Å². The van der Waals surface area contributed by atoms with Crippen molar-refractivity contribution < 1.29 is 4.52 Å². The molecular weight excluding hydrogens is 304 g/mol. The minimum Gasteiger partial charge on any atom is -0.381 e. The molecule has 0 bridgehead atoms. The van der Waals surface area contributed by atoms with E-state index in [0.717, 1.165) is 28.4 Å². The molecule has 0 radical (unpaired) electrons. The molecule has 0 atom stereocenters. The van der Waals surface area contributed by atoms with Gasteiger partial charge in [-0.3, -0.25) is 0 Å². The molecule has 1 heterocycles. The Kier molecular flexibility index (Phi) is 3.74. The highest BCUT2D eigenvalue weighted by Crippen LogP contribution is 2.35. The number of nitrogens with two attached hydrogens (primary N) is 1. The molecule has 2 rings (SSSR count). The van der Waals surface area contributed by atoms with Crippen LogP contribution in [0, 0.1) is 0 Å². The summed E-state index contributed by atoms with van der Waals surface area (Å²) >= 11 is 9.37. The van der Waals surface area contributed by atoms with Gasteiger partial charge < -0.3 is 10.3 Å². The van der Waals surface area contributed by atoms with Gasteiger partial charge in [-0.05, 0) is 40.5 Å². The Morgan fingerprint density at radius 2 is 2.24 bits per heavy atom. The Labute approximate surface area is 113 Å². The number of hydrogen-bond acceptors (Lipinski definition) is 3. The summed E-state index contributed by atoms with van der Waals surface area (Å²) in [6.07, 6.45) is 1.84. The third-order valence-corrected chi connectivity index (χ3v) is 3.39. The first-order valence-corrected chi connectivity index (χ1v) is 6.50. The van der Waals surface area contributed by atoms with Crippen molar-refractivity contribution in [1.29, 1.82) is 0 Å². The summed E-state index contributed by atoms with van der Waals surface area (Å²) in [6.45, 7) is 2.09. The number of nitrogens with zero attached hydrogens (tertiary/aromatic N) is 1. The molecule has 0 saturated carbocycles. The molecule has 0 aliphatic heterocycles. The second-order valence-electron chi connectivity index (χ2n) is 3.75. The molecule has 5 heteroatoms. The van der Waals surface area contributed by atoms with Gasteiger partial charge in [0.25, 0.3) is 0 Å². The fourth-order valence-corrected chi connectivity index (χ4v) is 2.56. The van der Waals surface area contributed by atoms with Crippen LogP contribution in [0.25, 0.3) is 11.3 Å². The van der Waals surface area contributed by atoms with Crippen molar-refractivity contribution in [3.8, 4) is 11.3 Å². The summed E-state index contributed by atoms with van der Waals surface area (Å²) in [7, 11) is 0. The number of aromatic nitrogens is 1. The Balaban J connectivity index is 2.52. The summed E-state index contributed by atoms with van der Waals surface area (Å²) in [6, 6.07) is 5.53. The normalized spacial score (nSPS) is 10.8. The number of halogens is 2. The molecule has 1 aromatic heterocycles. The molecule has 2 aromatic rings. The van der Waals surface area contributed by atoms with Crippen molar-refractivity contribution in [1.82, 2.24) is 5.16 Å². The number of anilines is 1. The molecule has 0 fully saturated rings. The van der Waals surface area contributed by atoms with Crippen LogP contribution in [-0.4, -0.2) is 5.16 Å². The quantitative estimate of drug-likeness (QED) is 0.919. The number of hydrogen-bond donors (Lipinski definition) is 1. The zero-order valence-corrected chi connectivity index (χ0v) is 11.7. The molecule has 1 aromatic carbocycles. The largest absolute Gasteiger partial charge is 0.381 e. The molecule has 0 unspecified atom stereocenters. The van der Waals surface area contributed by atoms with Gasteiger partial charge >= 0.3 is 0 Å². The Hall–Kier alpha value is -1.000. The SMILES string of the molecule is CCCc1c(N)noc1-c1ccc(Cl)cc1Br. The average molecular weight is 316 g/mol. The summed E-state index contributed by atoms with van der Waals surface area (Å²) in [5.74, 6) is 1.18. The van der Waals surface area contributed by atoms with Gasteiger partial charge in [-0.1, -0.05) is 30.1 Å². The third kappa shape index (κ3) is 2.48. The van der Waals surface area contributed by atoms with Crippen LogP contribution in [-0.2, 0) is 6.42 Å². The van der Waals surface area contributed by atoms with E-state index >= 15 is 0 Å². The maximum Gasteiger partial charge on any atom is 0.173 e. The lowest BCUT2D eigenvalue weighted by molar-refractivity contribution is 0.434. The van der Waals surface area contributed by atoms with Crippen LogP contribution in [0.1, 0.15) is 18.9 Å². The van der Waals surface area contributed by atoms with E-state index in [1.807, 2.05) is 18.2 Å². The van der Waals surface area contributed by atoms with Crippen molar-refractivity contribution in [3.05, 3.63) is 33.3 Å². The Bertz CT molecular complexity index is 539. The standard InChI is InChI=1S/C12H12BrClN2O/c1-2-3-9-11(17-16-12(9)15)8-5-4-7(14)6-10(8)13/h4-6H,2-3H2,1H3,(H2,15,16). The van der Waals surface area contributed by atoms with E-state index in [-0.39, 0.29) is 0 Å². The molecule has 0 amide bonds. The molecule has 0 aliphatic rings. The van der Waals surface area contributed by atoms with Crippen molar-refractivity contribution in [2.75, 3.05) is 5.73 Å². The number of benzene rings is 1. The fraction of sp³-hybridized carbons (Fsp3) is 0.250. The predicted molar refractivity (Wildman–Crippen MR) is 73.1 cm³/mol. The zero-order chi connectivity index (χ0) is 12.4. The van der Waals surface area contributed by atoms with E-state index in [2.05, 4.69) is 28.0 Å². The highest BCUT2D eigenvalue weighted by atomic mass is 79.9. The lowest BCUT2D eigenvalue weighted by Gasteiger charge is -2.03. The van der Waals surface area contributed by atoms with Crippen LogP contribution >= 0.6 is 27.5 Å². The highest BCUT2D eigenvalue weighted by Gasteiger charge is 2.17. The highest BCUT2D eigenvalue weighted by molar-refractivity contribution is 9.10. The van der Waals surface area contributed by atoms with Gasteiger partial charge in [0.1, 0.15) is 0 Å². The molecule has 0 saturated heterocycles. The molecule has 3 nitrogen and oxygen atoms in total. The average Bonchev–Trinajstić information content (AvgIpc) is 2.62. The third-order valence-electron chi connectivity index (χ3n) is 2.49. The molecular formula is C12H12BrClN2O. The van der Waals surface area contributed by atoms with E-state index < -0.39 is 0 Å². The summed E-state index contributed by atoms with van der Waals surface area (Å²) in [4.78, 5) is 0. The first-order valence-electron chi connectivity index (χ1n) is 5.33. The smallest absolute Gasteiger partial charge is 0.173 e. The van der Waals surface area contributed by atoms with Crippen LogP contribution in [0.15, 0.2) is 27.2 Å². The molecule has 90 valence electrons. The second kappa shape index (κ2) is 5.10. The van der Waals surface area contributed by atoms with Crippen LogP contribution < -0.4 is 5.73 Å². The van der Waals surface area contributed by atoms with E-state index in [1.54, 1.807) is 0 Å². The van der Waals surface area contributed by atoms with Gasteiger partial charge in [0.2, 0.25) is 0 Å². The van der Waals surface area contributed by atoms with Gasteiger partial charge in [0, 0.05) is 20.6 Å². The maximum absolute atomic E-state index is 5.91. The molecule has 0 spiro atoms. The van der Waals surface area contributed by atoms with Crippen LogP contribution in [0.4, 0.5) is 5.82 Å². The molecule has 17 heavy (non-hydrogen) atoms. The lowest BCUT2D eigenvalue weighted by Crippen LogP contribution is -1.93. The maximum atomic E-state index is 5.91. The van der Waals surface area contributed by atoms with E-state index in [4.69, 9.17) is 21.9 Å². The Morgan fingerprint density at radius 1 is 1.47 bits per heavy atom. The minimum atomic E-state index is 0.462. The fourth-order valence-electron chi connectivity index (χ4n) is 1.70. The van der Waals surface area contributed by atoms with Crippen LogP contribution in [0.2, 0.25) is 5.02 Å². The molecule has 2 N–H and O–H groups in total. The first kappa shape index (κ1) is 12.5. The number of nitrogen functional groups attached to an aromatic ring is 1. The van der Waals surface area contributed by atoms with E-state index in [0.29, 0.717) is 16.6 Å². The summed E-state index contributed by atoms with van der Waals surface area (Å²) in [5, 5.41) is 4.50. The van der Waals surface area contributed by atoms with Gasteiger partial charge in [-0.15, -0.1) is 0 Å². The van der Waals surface area contributed by atoms with Gasteiger partial charge in [-0.2, -0.15) is 0 Å². The summed E-state index contributed by atoms with van der Waals surface area (Å²) < 4.78 is 6.18. The Morgan fingerprint density at radius 3 is 2.88 bits per heavy atom. The number of rotatable bonds is 3. The van der Waals surface area contributed by atoms with E-state index in [1.165, 1.54) is 0 Å². The minimum absolute atomic E-state index is 0.462. The molecule has 0 aliphatic carbocycles. The van der Waals surface area contributed by atoms with E-state index in [9.17, 15) is 0 Å². The monoisotopic (exact) mass is 314 g/mol. The first-order chi connectivity index (χ1) is 8.13. The van der Waals surface area contributed by atoms with Crippen LogP contribution in [0.5, 0.6) is 0 Å². The van der Waals surface area contributed by atoms with Crippen molar-refractivity contribution >= 4 is 33.3 Å².